The number of carboxylic acids is 1. The number of hydrogen-bond donors (Lipinski definition) is 1. The van der Waals surface area contributed by atoms with Crippen LogP contribution in [0.3, 0.4) is 0 Å². The maximum absolute atomic E-state index is 11.9. The molecule has 2 aromatic rings. The fourth-order valence-electron chi connectivity index (χ4n) is 1.33. The zero-order valence-corrected chi connectivity index (χ0v) is 11.4. The largest absolute Gasteiger partial charge is 0.478 e. The van der Waals surface area contributed by atoms with Gasteiger partial charge in [-0.2, -0.15) is 13.2 Å². The van der Waals surface area contributed by atoms with Crippen LogP contribution in [0.25, 0.3) is 10.6 Å². The van der Waals surface area contributed by atoms with E-state index >= 15 is 0 Å². The molecule has 0 saturated heterocycles. The predicted octanol–water partition coefficient (Wildman–Crippen LogP) is 3.65. The van der Waals surface area contributed by atoms with Crippen molar-refractivity contribution in [2.75, 3.05) is 6.61 Å². The lowest BCUT2D eigenvalue weighted by atomic mass is 10.3. The second kappa shape index (κ2) is 5.90. The Morgan fingerprint density at radius 1 is 1.35 bits per heavy atom. The number of nitrogens with zero attached hydrogens (tertiary/aromatic N) is 1. The smallest absolute Gasteiger partial charge is 0.411 e. The third kappa shape index (κ3) is 4.02. The minimum atomic E-state index is -4.36. The first-order valence-electron chi connectivity index (χ1n) is 5.26. The summed E-state index contributed by atoms with van der Waals surface area (Å²) in [6.45, 7) is -1.54. The van der Waals surface area contributed by atoms with Crippen molar-refractivity contribution in [3.8, 4) is 10.6 Å². The maximum atomic E-state index is 11.9. The van der Waals surface area contributed by atoms with Crippen molar-refractivity contribution in [1.29, 1.82) is 0 Å². The average molecular weight is 323 g/mol. The van der Waals surface area contributed by atoms with E-state index in [0.29, 0.717) is 15.6 Å². The van der Waals surface area contributed by atoms with Crippen LogP contribution in [-0.2, 0) is 11.3 Å². The van der Waals surface area contributed by atoms with Crippen molar-refractivity contribution >= 4 is 28.6 Å². The Morgan fingerprint density at radius 3 is 2.70 bits per heavy atom. The molecule has 0 unspecified atom stereocenters. The summed E-state index contributed by atoms with van der Waals surface area (Å²) < 4.78 is 40.2. The number of aromatic carboxylic acids is 1. The third-order valence-electron chi connectivity index (χ3n) is 2.14. The normalized spacial score (nSPS) is 11.8. The molecule has 2 heterocycles. The lowest BCUT2D eigenvalue weighted by molar-refractivity contribution is -0.176. The van der Waals surface area contributed by atoms with Crippen molar-refractivity contribution in [3.63, 3.8) is 0 Å². The summed E-state index contributed by atoms with van der Waals surface area (Å²) >= 11 is 2.38. The van der Waals surface area contributed by atoms with Crippen molar-refractivity contribution in [1.82, 2.24) is 4.98 Å². The maximum Gasteiger partial charge on any atom is 0.411 e. The summed E-state index contributed by atoms with van der Waals surface area (Å²) in [5.74, 6) is -1.03. The molecule has 0 aliphatic heterocycles. The highest BCUT2D eigenvalue weighted by Crippen LogP contribution is 2.28. The molecule has 0 saturated carbocycles. The van der Waals surface area contributed by atoms with Gasteiger partial charge in [0.05, 0.1) is 22.7 Å². The summed E-state index contributed by atoms with van der Waals surface area (Å²) in [5.41, 5.74) is 0.700. The topological polar surface area (TPSA) is 59.4 Å². The van der Waals surface area contributed by atoms with Crippen LogP contribution in [0.5, 0.6) is 0 Å². The van der Waals surface area contributed by atoms with E-state index in [1.807, 2.05) is 0 Å². The molecular weight excluding hydrogens is 315 g/mol. The Kier molecular flexibility index (Phi) is 4.41. The van der Waals surface area contributed by atoms with Crippen molar-refractivity contribution in [3.05, 3.63) is 27.4 Å². The number of aromatic nitrogens is 1. The number of thiophene rings is 1. The van der Waals surface area contributed by atoms with E-state index in [4.69, 9.17) is 5.11 Å². The van der Waals surface area contributed by atoms with Gasteiger partial charge in [0.1, 0.15) is 11.6 Å². The average Bonchev–Trinajstić information content (AvgIpc) is 2.94. The first-order chi connectivity index (χ1) is 9.35. The standard InChI is InChI=1S/C11H8F3NO3S2/c12-11(13,14)5-18-2-9-15-7(4-20-9)8-1-6(3-19-8)10(16)17/h1,3-4H,2,5H2,(H,16,17). The zero-order valence-electron chi connectivity index (χ0n) is 9.81. The molecular formula is C11H8F3NO3S2. The fraction of sp³-hybridized carbons (Fsp3) is 0.273. The molecule has 20 heavy (non-hydrogen) atoms. The van der Waals surface area contributed by atoms with Gasteiger partial charge in [-0.15, -0.1) is 22.7 Å². The molecule has 0 atom stereocenters. The van der Waals surface area contributed by atoms with Gasteiger partial charge in [0.2, 0.25) is 0 Å². The van der Waals surface area contributed by atoms with Crippen LogP contribution in [0.1, 0.15) is 15.4 Å². The highest BCUT2D eigenvalue weighted by Gasteiger charge is 2.27. The quantitative estimate of drug-likeness (QED) is 0.912. The monoisotopic (exact) mass is 323 g/mol. The van der Waals surface area contributed by atoms with Crippen LogP contribution in [0, 0.1) is 0 Å². The second-order valence-electron chi connectivity index (χ2n) is 3.74. The number of carboxylic acid groups (broad SMARTS) is 1. The SMILES string of the molecule is O=C(O)c1csc(-c2csc(COCC(F)(F)F)n2)c1. The second-order valence-corrected chi connectivity index (χ2v) is 5.59. The summed E-state index contributed by atoms with van der Waals surface area (Å²) in [4.78, 5) is 15.5. The van der Waals surface area contributed by atoms with Crippen LogP contribution in [0.2, 0.25) is 0 Å². The number of thiazole rings is 1. The van der Waals surface area contributed by atoms with Gasteiger partial charge in [0, 0.05) is 10.8 Å². The van der Waals surface area contributed by atoms with E-state index in [2.05, 4.69) is 9.72 Å². The minimum Gasteiger partial charge on any atom is -0.478 e. The van der Waals surface area contributed by atoms with Gasteiger partial charge < -0.3 is 9.84 Å². The van der Waals surface area contributed by atoms with Gasteiger partial charge in [0.25, 0.3) is 0 Å². The number of carbonyl (C=O) groups is 1. The van der Waals surface area contributed by atoms with E-state index in [1.165, 1.54) is 34.1 Å². The number of hydrogen-bond acceptors (Lipinski definition) is 5. The Morgan fingerprint density at radius 2 is 2.10 bits per heavy atom. The van der Waals surface area contributed by atoms with Gasteiger partial charge in [-0.1, -0.05) is 0 Å². The highest BCUT2D eigenvalue weighted by atomic mass is 32.1. The number of rotatable bonds is 5. The molecule has 108 valence electrons. The van der Waals surface area contributed by atoms with E-state index in [-0.39, 0.29) is 12.2 Å². The van der Waals surface area contributed by atoms with Crippen molar-refractivity contribution < 1.29 is 27.8 Å². The Labute approximate surface area is 119 Å². The molecule has 4 nitrogen and oxygen atoms in total. The lowest BCUT2D eigenvalue weighted by Crippen LogP contribution is -2.16. The van der Waals surface area contributed by atoms with E-state index in [9.17, 15) is 18.0 Å². The van der Waals surface area contributed by atoms with Gasteiger partial charge in [-0.25, -0.2) is 9.78 Å². The van der Waals surface area contributed by atoms with Crippen molar-refractivity contribution in [2.45, 2.75) is 12.8 Å². The van der Waals surface area contributed by atoms with Crippen LogP contribution in [0.4, 0.5) is 13.2 Å². The molecule has 0 bridgehead atoms. The molecule has 1 N–H and O–H groups in total. The number of halogens is 3. The van der Waals surface area contributed by atoms with E-state index < -0.39 is 18.8 Å². The molecule has 0 radical (unpaired) electrons. The molecule has 0 amide bonds. The third-order valence-corrected chi connectivity index (χ3v) is 3.92. The minimum absolute atomic E-state index is 0.160. The van der Waals surface area contributed by atoms with Crippen LogP contribution in [-0.4, -0.2) is 28.8 Å². The van der Waals surface area contributed by atoms with Crippen molar-refractivity contribution in [2.24, 2.45) is 0 Å². The molecule has 9 heteroatoms. The summed E-state index contributed by atoms with van der Waals surface area (Å²) in [7, 11) is 0. The lowest BCUT2D eigenvalue weighted by Gasteiger charge is -2.05. The summed E-state index contributed by atoms with van der Waals surface area (Å²) in [6.07, 6.45) is -4.36. The Bertz CT molecular complexity index is 606. The molecule has 0 spiro atoms. The van der Waals surface area contributed by atoms with Crippen LogP contribution >= 0.6 is 22.7 Å². The summed E-state index contributed by atoms with van der Waals surface area (Å²) in [6, 6.07) is 1.47. The molecule has 0 fully saturated rings. The number of ether oxygens (including phenoxy) is 1. The van der Waals surface area contributed by atoms with Crippen LogP contribution < -0.4 is 0 Å². The molecule has 0 aliphatic rings. The first kappa shape index (κ1) is 14.9. The zero-order chi connectivity index (χ0) is 14.8. The molecule has 2 rings (SSSR count). The van der Waals surface area contributed by atoms with Gasteiger partial charge in [-0.3, -0.25) is 0 Å². The molecule has 0 aliphatic carbocycles. The highest BCUT2D eigenvalue weighted by molar-refractivity contribution is 7.14. The fourth-order valence-corrected chi connectivity index (χ4v) is 2.97. The van der Waals surface area contributed by atoms with Gasteiger partial charge >= 0.3 is 12.1 Å². The van der Waals surface area contributed by atoms with Gasteiger partial charge in [0.15, 0.2) is 0 Å². The molecule has 2 aromatic heterocycles. The van der Waals surface area contributed by atoms with E-state index in [0.717, 1.165) is 0 Å². The summed E-state index contributed by atoms with van der Waals surface area (Å²) in [5, 5.41) is 12.4. The predicted molar refractivity (Wildman–Crippen MR) is 68.1 cm³/mol. The molecule has 0 aromatic carbocycles. The Hall–Kier alpha value is -1.45. The van der Waals surface area contributed by atoms with Gasteiger partial charge in [-0.05, 0) is 6.07 Å². The number of alkyl halides is 3. The first-order valence-corrected chi connectivity index (χ1v) is 7.02. The van der Waals surface area contributed by atoms with Crippen LogP contribution in [0.15, 0.2) is 16.8 Å². The van der Waals surface area contributed by atoms with E-state index in [1.54, 1.807) is 5.38 Å². The Balaban J connectivity index is 1.99.